The van der Waals surface area contributed by atoms with Gasteiger partial charge in [-0.15, -0.1) is 0 Å². The first-order chi connectivity index (χ1) is 13.1. The molecule has 0 aromatic heterocycles. The van der Waals surface area contributed by atoms with E-state index in [1.54, 1.807) is 12.1 Å². The molecule has 2 N–H and O–H groups in total. The summed E-state index contributed by atoms with van der Waals surface area (Å²) in [6.07, 6.45) is -0.211. The number of fused-ring (bicyclic) bond motifs is 1. The Morgan fingerprint density at radius 2 is 1.96 bits per heavy atom. The van der Waals surface area contributed by atoms with E-state index in [4.69, 9.17) is 13.8 Å². The number of hydrogen-bond acceptors (Lipinski definition) is 5. The van der Waals surface area contributed by atoms with Crippen LogP contribution >= 0.6 is 8.38 Å². The van der Waals surface area contributed by atoms with Crippen molar-refractivity contribution in [2.75, 3.05) is 30.3 Å². The Hall–Kier alpha value is -1.25. The molecular weight excluding hydrogens is 403 g/mol. The summed E-state index contributed by atoms with van der Waals surface area (Å²) in [6, 6.07) is 5.38. The van der Waals surface area contributed by atoms with Gasteiger partial charge in [0.05, 0.1) is 25.2 Å². The lowest BCUT2D eigenvalue weighted by molar-refractivity contribution is 0.0617. The summed E-state index contributed by atoms with van der Waals surface area (Å²) in [5.41, 5.74) is 0.928. The van der Waals surface area contributed by atoms with E-state index in [-0.39, 0.29) is 17.6 Å². The van der Waals surface area contributed by atoms with Crippen molar-refractivity contribution < 1.29 is 27.9 Å². The summed E-state index contributed by atoms with van der Waals surface area (Å²) in [5.74, 6) is 0.321. The third-order valence-electron chi connectivity index (χ3n) is 4.39. The smallest absolute Gasteiger partial charge is 0.412 e. The Kier molecular flexibility index (Phi) is 6.32. The molecule has 8 nitrogen and oxygen atoms in total. The molecule has 0 aliphatic carbocycles. The van der Waals surface area contributed by atoms with Crippen LogP contribution in [0.3, 0.4) is 0 Å². The fourth-order valence-corrected chi connectivity index (χ4v) is 5.81. The standard InChI is InChI=1S/C18H27N2O6PS/c1-17(2)9-24-27(25-10-17)11-19-28(23)12-20(16(21)22)14-7-5-6-13-8-18(3,4)26-15(13)14/h5-7,19H,8-12H2,1-4H3,(H,21,22). The third-order valence-corrected chi connectivity index (χ3v) is 6.82. The fourth-order valence-electron chi connectivity index (χ4n) is 2.99. The van der Waals surface area contributed by atoms with Gasteiger partial charge in [0.2, 0.25) is 0 Å². The van der Waals surface area contributed by atoms with Crippen molar-refractivity contribution in [3.05, 3.63) is 23.8 Å². The molecule has 1 unspecified atom stereocenters. The summed E-state index contributed by atoms with van der Waals surface area (Å²) in [5, 5.41) is 9.67. The van der Waals surface area contributed by atoms with Crippen LogP contribution in [0.5, 0.6) is 5.75 Å². The third kappa shape index (κ3) is 5.21. The molecule has 1 atom stereocenters. The van der Waals surface area contributed by atoms with Crippen LogP contribution in [-0.2, 0) is 26.5 Å². The molecule has 1 fully saturated rings. The number of para-hydroxylation sites is 1. The normalized spacial score (nSPS) is 21.6. The lowest BCUT2D eigenvalue weighted by Crippen LogP contribution is -2.37. The predicted molar refractivity (Wildman–Crippen MR) is 109 cm³/mol. The summed E-state index contributed by atoms with van der Waals surface area (Å²) >= 11 is 0. The molecule has 0 bridgehead atoms. The largest absolute Gasteiger partial charge is 0.485 e. The van der Waals surface area contributed by atoms with E-state index in [0.717, 1.165) is 10.5 Å². The molecule has 28 heavy (non-hydrogen) atoms. The van der Waals surface area contributed by atoms with Gasteiger partial charge >= 0.3 is 6.09 Å². The lowest BCUT2D eigenvalue weighted by Gasteiger charge is -2.33. The van der Waals surface area contributed by atoms with E-state index in [1.807, 2.05) is 19.9 Å². The van der Waals surface area contributed by atoms with E-state index in [2.05, 4.69) is 18.6 Å². The number of anilines is 1. The van der Waals surface area contributed by atoms with Crippen LogP contribution in [0.2, 0.25) is 0 Å². The van der Waals surface area contributed by atoms with Gasteiger partial charge < -0.3 is 18.9 Å². The highest BCUT2D eigenvalue weighted by molar-refractivity contribution is 7.83. The van der Waals surface area contributed by atoms with Crippen LogP contribution in [-0.4, -0.2) is 46.4 Å². The number of amides is 1. The Labute approximate surface area is 169 Å². The molecule has 1 aromatic rings. The highest BCUT2D eigenvalue weighted by Gasteiger charge is 2.34. The Bertz CT molecular complexity index is 762. The van der Waals surface area contributed by atoms with E-state index < -0.39 is 31.1 Å². The number of benzene rings is 1. The van der Waals surface area contributed by atoms with Gasteiger partial charge in [0.1, 0.15) is 28.2 Å². The summed E-state index contributed by atoms with van der Waals surface area (Å²) in [7, 11) is -2.78. The van der Waals surface area contributed by atoms with E-state index in [9.17, 15) is 14.1 Å². The molecule has 0 radical (unpaired) electrons. The highest BCUT2D eigenvalue weighted by atomic mass is 32.2. The number of rotatable bonds is 6. The van der Waals surface area contributed by atoms with Crippen molar-refractivity contribution in [3.8, 4) is 5.75 Å². The second-order valence-corrected chi connectivity index (χ2v) is 11.1. The molecule has 1 amide bonds. The highest BCUT2D eigenvalue weighted by Crippen LogP contribution is 2.45. The van der Waals surface area contributed by atoms with Crippen LogP contribution in [0, 0.1) is 5.41 Å². The van der Waals surface area contributed by atoms with Crippen LogP contribution in [0.15, 0.2) is 18.2 Å². The van der Waals surface area contributed by atoms with Crippen molar-refractivity contribution in [2.45, 2.75) is 39.7 Å². The molecule has 3 rings (SSSR count). The topological polar surface area (TPSA) is 97.3 Å². The van der Waals surface area contributed by atoms with Gasteiger partial charge in [-0.1, -0.05) is 26.0 Å². The lowest BCUT2D eigenvalue weighted by atomic mass is 9.97. The first kappa shape index (κ1) is 21.5. The van der Waals surface area contributed by atoms with E-state index >= 15 is 0 Å². The van der Waals surface area contributed by atoms with Crippen LogP contribution in [0.25, 0.3) is 0 Å². The zero-order valence-electron chi connectivity index (χ0n) is 16.6. The quantitative estimate of drug-likeness (QED) is 0.671. The molecule has 1 aromatic carbocycles. The fraction of sp³-hybridized carbons (Fsp3) is 0.611. The van der Waals surface area contributed by atoms with Gasteiger partial charge in [0.25, 0.3) is 0 Å². The number of nitrogens with one attached hydrogen (secondary N) is 1. The molecule has 2 heterocycles. The maximum atomic E-state index is 12.5. The van der Waals surface area contributed by atoms with Crippen LogP contribution in [0.1, 0.15) is 33.3 Å². The van der Waals surface area contributed by atoms with E-state index in [1.165, 1.54) is 0 Å². The zero-order valence-corrected chi connectivity index (χ0v) is 18.3. The van der Waals surface area contributed by atoms with Gasteiger partial charge in [0.15, 0.2) is 8.38 Å². The minimum absolute atomic E-state index is 0.0282. The van der Waals surface area contributed by atoms with E-state index in [0.29, 0.717) is 31.1 Å². The number of carbonyl (C=O) groups is 1. The first-order valence-corrected chi connectivity index (χ1v) is 11.7. The molecular formula is C18H27N2O6PS. The van der Waals surface area contributed by atoms with Gasteiger partial charge in [-0.3, -0.25) is 4.90 Å². The van der Waals surface area contributed by atoms with Crippen molar-refractivity contribution in [1.82, 2.24) is 4.72 Å². The predicted octanol–water partition coefficient (Wildman–Crippen LogP) is 3.44. The Morgan fingerprint density at radius 1 is 1.29 bits per heavy atom. The molecule has 2 aliphatic heterocycles. The SMILES string of the molecule is CC1(C)COP(CNS(=O)CN(C(=O)O)c2cccc3c2OC(C)(C)C3)OC1. The first-order valence-electron chi connectivity index (χ1n) is 9.03. The summed E-state index contributed by atoms with van der Waals surface area (Å²) < 4.78 is 32.6. The number of nitrogens with zero attached hydrogens (tertiary/aromatic N) is 1. The maximum Gasteiger partial charge on any atom is 0.412 e. The number of hydrogen-bond donors (Lipinski definition) is 2. The van der Waals surface area contributed by atoms with Crippen molar-refractivity contribution in [3.63, 3.8) is 0 Å². The maximum absolute atomic E-state index is 12.5. The Balaban J connectivity index is 1.63. The van der Waals surface area contributed by atoms with Crippen molar-refractivity contribution in [1.29, 1.82) is 0 Å². The monoisotopic (exact) mass is 430 g/mol. The minimum Gasteiger partial charge on any atom is -0.485 e. The number of carboxylic acid groups (broad SMARTS) is 1. The van der Waals surface area contributed by atoms with Gasteiger partial charge in [-0.05, 0) is 19.9 Å². The average Bonchev–Trinajstić information content (AvgIpc) is 2.92. The Morgan fingerprint density at radius 3 is 2.61 bits per heavy atom. The summed E-state index contributed by atoms with van der Waals surface area (Å²) in [6.45, 7) is 9.18. The molecule has 1 saturated heterocycles. The summed E-state index contributed by atoms with van der Waals surface area (Å²) in [4.78, 5) is 12.9. The molecule has 0 saturated carbocycles. The zero-order chi connectivity index (χ0) is 20.5. The van der Waals surface area contributed by atoms with Gasteiger partial charge in [-0.2, -0.15) is 0 Å². The second-order valence-electron chi connectivity index (χ2n) is 8.34. The molecule has 10 heteroatoms. The van der Waals surface area contributed by atoms with Crippen molar-refractivity contribution >= 4 is 31.1 Å². The van der Waals surface area contributed by atoms with Crippen molar-refractivity contribution in [2.24, 2.45) is 5.41 Å². The second kappa shape index (κ2) is 8.24. The van der Waals surface area contributed by atoms with Gasteiger partial charge in [0, 0.05) is 17.4 Å². The van der Waals surface area contributed by atoms with Gasteiger partial charge in [-0.25, -0.2) is 13.7 Å². The number of ether oxygens (including phenoxy) is 1. The molecule has 0 spiro atoms. The average molecular weight is 430 g/mol. The minimum atomic E-state index is -1.61. The van der Waals surface area contributed by atoms with Crippen LogP contribution in [0.4, 0.5) is 10.5 Å². The molecule has 2 aliphatic rings. The van der Waals surface area contributed by atoms with Crippen LogP contribution < -0.4 is 14.4 Å². The molecule has 156 valence electrons.